The SMILES string of the molecule is CCC(N)C(Sc1cccc(Br)c1)c1cccs1. The Hall–Kier alpha value is -0.290. The molecular formula is C14H16BrNS2. The average Bonchev–Trinajstić information content (AvgIpc) is 2.89. The Morgan fingerprint density at radius 1 is 1.33 bits per heavy atom. The highest BCUT2D eigenvalue weighted by Crippen LogP contribution is 2.40. The van der Waals surface area contributed by atoms with Gasteiger partial charge >= 0.3 is 0 Å². The molecule has 1 aromatic heterocycles. The van der Waals surface area contributed by atoms with Gasteiger partial charge in [-0.15, -0.1) is 23.1 Å². The molecule has 96 valence electrons. The van der Waals surface area contributed by atoms with Crippen LogP contribution in [0.1, 0.15) is 23.5 Å². The Bertz CT molecular complexity index is 484. The number of nitrogens with two attached hydrogens (primary N) is 1. The molecule has 0 bridgehead atoms. The molecule has 2 aromatic rings. The fourth-order valence-corrected chi connectivity index (χ4v) is 4.56. The van der Waals surface area contributed by atoms with E-state index in [0.29, 0.717) is 5.25 Å². The number of hydrogen-bond acceptors (Lipinski definition) is 3. The van der Waals surface area contributed by atoms with Gasteiger partial charge in [0.1, 0.15) is 0 Å². The van der Waals surface area contributed by atoms with Crippen LogP contribution in [0.15, 0.2) is 51.1 Å². The van der Waals surface area contributed by atoms with Gasteiger partial charge in [-0.25, -0.2) is 0 Å². The molecule has 2 N–H and O–H groups in total. The van der Waals surface area contributed by atoms with Crippen molar-refractivity contribution in [1.82, 2.24) is 0 Å². The summed E-state index contributed by atoms with van der Waals surface area (Å²) in [5, 5.41) is 2.45. The molecule has 1 heterocycles. The molecule has 18 heavy (non-hydrogen) atoms. The third-order valence-electron chi connectivity index (χ3n) is 2.74. The van der Waals surface area contributed by atoms with E-state index >= 15 is 0 Å². The smallest absolute Gasteiger partial charge is 0.0589 e. The van der Waals surface area contributed by atoms with Crippen molar-refractivity contribution in [3.05, 3.63) is 51.1 Å². The van der Waals surface area contributed by atoms with Crippen LogP contribution >= 0.6 is 39.0 Å². The zero-order valence-corrected chi connectivity index (χ0v) is 13.4. The Morgan fingerprint density at radius 2 is 2.17 bits per heavy atom. The minimum absolute atomic E-state index is 0.188. The molecule has 0 aliphatic carbocycles. The predicted molar refractivity (Wildman–Crippen MR) is 85.3 cm³/mol. The van der Waals surface area contributed by atoms with Crippen molar-refractivity contribution in [2.45, 2.75) is 29.5 Å². The van der Waals surface area contributed by atoms with Crippen LogP contribution in [0.4, 0.5) is 0 Å². The van der Waals surface area contributed by atoms with Crippen LogP contribution in [0.5, 0.6) is 0 Å². The van der Waals surface area contributed by atoms with Crippen molar-refractivity contribution in [2.75, 3.05) is 0 Å². The summed E-state index contributed by atoms with van der Waals surface area (Å²) in [6, 6.07) is 12.9. The quantitative estimate of drug-likeness (QED) is 0.767. The Balaban J connectivity index is 2.20. The molecule has 0 fully saturated rings. The van der Waals surface area contributed by atoms with Gasteiger partial charge < -0.3 is 5.73 Å². The second-order valence-corrected chi connectivity index (χ2v) is 7.19. The van der Waals surface area contributed by atoms with Crippen molar-refractivity contribution in [2.24, 2.45) is 5.73 Å². The van der Waals surface area contributed by atoms with Crippen LogP contribution in [0.2, 0.25) is 0 Å². The summed E-state index contributed by atoms with van der Waals surface area (Å²) in [5.74, 6) is 0. The van der Waals surface area contributed by atoms with Crippen LogP contribution in [0, 0.1) is 0 Å². The first kappa shape index (κ1) is 14.1. The third kappa shape index (κ3) is 3.60. The van der Waals surface area contributed by atoms with E-state index in [1.165, 1.54) is 9.77 Å². The molecule has 0 aliphatic rings. The number of thiophene rings is 1. The second-order valence-electron chi connectivity index (χ2n) is 4.08. The lowest BCUT2D eigenvalue weighted by atomic mass is 10.1. The van der Waals surface area contributed by atoms with E-state index in [1.807, 2.05) is 17.8 Å². The maximum Gasteiger partial charge on any atom is 0.0589 e. The highest BCUT2D eigenvalue weighted by atomic mass is 79.9. The summed E-state index contributed by atoms with van der Waals surface area (Å²) in [5.41, 5.74) is 6.27. The molecule has 1 nitrogen and oxygen atoms in total. The van der Waals surface area contributed by atoms with Crippen LogP contribution in [0.3, 0.4) is 0 Å². The highest BCUT2D eigenvalue weighted by molar-refractivity contribution is 9.10. The Morgan fingerprint density at radius 3 is 2.78 bits per heavy atom. The first-order valence-corrected chi connectivity index (χ1v) is 8.47. The maximum absolute atomic E-state index is 6.27. The molecule has 0 amide bonds. The molecule has 2 rings (SSSR count). The number of halogens is 1. The summed E-state index contributed by atoms with van der Waals surface area (Å²) < 4.78 is 1.11. The third-order valence-corrected chi connectivity index (χ3v) is 5.72. The average molecular weight is 342 g/mol. The van der Waals surface area contributed by atoms with Gasteiger partial charge in [-0.2, -0.15) is 0 Å². The summed E-state index contributed by atoms with van der Waals surface area (Å²) in [7, 11) is 0. The molecule has 0 radical (unpaired) electrons. The number of benzene rings is 1. The van der Waals surface area contributed by atoms with Crippen LogP contribution in [-0.2, 0) is 0 Å². The predicted octanol–water partition coefficient (Wildman–Crippen LogP) is 5.08. The van der Waals surface area contributed by atoms with E-state index in [2.05, 4.69) is 58.6 Å². The molecule has 0 saturated heterocycles. The van der Waals surface area contributed by atoms with E-state index in [0.717, 1.165) is 10.9 Å². The summed E-state index contributed by atoms with van der Waals surface area (Å²) in [4.78, 5) is 2.61. The lowest BCUT2D eigenvalue weighted by Gasteiger charge is -2.21. The summed E-state index contributed by atoms with van der Waals surface area (Å²) >= 11 is 7.15. The first-order valence-electron chi connectivity index (χ1n) is 5.92. The number of rotatable bonds is 5. The fourth-order valence-electron chi connectivity index (χ4n) is 1.71. The van der Waals surface area contributed by atoms with E-state index in [1.54, 1.807) is 11.3 Å². The zero-order valence-electron chi connectivity index (χ0n) is 10.2. The lowest BCUT2D eigenvalue weighted by molar-refractivity contribution is 0.640. The van der Waals surface area contributed by atoms with Crippen LogP contribution < -0.4 is 5.73 Å². The minimum Gasteiger partial charge on any atom is -0.326 e. The van der Waals surface area contributed by atoms with Gasteiger partial charge in [-0.1, -0.05) is 35.0 Å². The number of thioether (sulfide) groups is 1. The molecule has 1 aromatic carbocycles. The van der Waals surface area contributed by atoms with Crippen molar-refractivity contribution < 1.29 is 0 Å². The molecule has 4 heteroatoms. The molecule has 2 unspecified atom stereocenters. The second kappa shape index (κ2) is 6.75. The summed E-state index contributed by atoms with van der Waals surface area (Å²) in [6.45, 7) is 2.15. The van der Waals surface area contributed by atoms with Gasteiger partial charge in [0.05, 0.1) is 5.25 Å². The molecular weight excluding hydrogens is 326 g/mol. The van der Waals surface area contributed by atoms with E-state index < -0.39 is 0 Å². The standard InChI is InChI=1S/C14H16BrNS2/c1-2-12(16)14(13-7-4-8-17-13)18-11-6-3-5-10(15)9-11/h3-9,12,14H,2,16H2,1H3. The first-order chi connectivity index (χ1) is 8.70. The lowest BCUT2D eigenvalue weighted by Crippen LogP contribution is -2.25. The normalized spacial score (nSPS) is 14.4. The van der Waals surface area contributed by atoms with Gasteiger partial charge in [0.15, 0.2) is 0 Å². The highest BCUT2D eigenvalue weighted by Gasteiger charge is 2.20. The number of hydrogen-bond donors (Lipinski definition) is 1. The van der Waals surface area contributed by atoms with Crippen LogP contribution in [0.25, 0.3) is 0 Å². The van der Waals surface area contributed by atoms with Crippen LogP contribution in [-0.4, -0.2) is 6.04 Å². The maximum atomic E-state index is 6.27. The van der Waals surface area contributed by atoms with Gasteiger partial charge in [0.25, 0.3) is 0 Å². The topological polar surface area (TPSA) is 26.0 Å². The van der Waals surface area contributed by atoms with Gasteiger partial charge in [0.2, 0.25) is 0 Å². The molecule has 0 saturated carbocycles. The monoisotopic (exact) mass is 341 g/mol. The van der Waals surface area contributed by atoms with E-state index in [4.69, 9.17) is 5.73 Å². The van der Waals surface area contributed by atoms with Gasteiger partial charge in [0, 0.05) is 20.3 Å². The fraction of sp³-hybridized carbons (Fsp3) is 0.286. The molecule has 0 aliphatic heterocycles. The minimum atomic E-state index is 0.188. The zero-order chi connectivity index (χ0) is 13.0. The van der Waals surface area contributed by atoms with Crippen molar-refractivity contribution in [3.8, 4) is 0 Å². The van der Waals surface area contributed by atoms with Crippen molar-refractivity contribution >= 4 is 39.0 Å². The molecule has 0 spiro atoms. The Labute approximate surface area is 125 Å². The van der Waals surface area contributed by atoms with E-state index in [9.17, 15) is 0 Å². The van der Waals surface area contributed by atoms with Gasteiger partial charge in [-0.05, 0) is 36.1 Å². The Kier molecular flexibility index (Phi) is 5.30. The molecule has 2 atom stereocenters. The van der Waals surface area contributed by atoms with Gasteiger partial charge in [-0.3, -0.25) is 0 Å². The summed E-state index contributed by atoms with van der Waals surface area (Å²) in [6.07, 6.45) is 0.990. The van der Waals surface area contributed by atoms with E-state index in [-0.39, 0.29) is 6.04 Å². The largest absolute Gasteiger partial charge is 0.326 e. The van der Waals surface area contributed by atoms with Crippen molar-refractivity contribution in [3.63, 3.8) is 0 Å². The van der Waals surface area contributed by atoms with Crippen molar-refractivity contribution in [1.29, 1.82) is 0 Å².